The van der Waals surface area contributed by atoms with Crippen molar-refractivity contribution in [2.45, 2.75) is 38.0 Å². The van der Waals surface area contributed by atoms with Crippen LogP contribution >= 0.6 is 12.0 Å². The molecule has 15 heavy (non-hydrogen) atoms. The maximum absolute atomic E-state index is 5.68. The van der Waals surface area contributed by atoms with Gasteiger partial charge in [0.25, 0.3) is 0 Å². The van der Waals surface area contributed by atoms with Crippen LogP contribution in [0.5, 0.6) is 0 Å². The van der Waals surface area contributed by atoms with Gasteiger partial charge in [0.05, 0.1) is 6.61 Å². The van der Waals surface area contributed by atoms with Crippen molar-refractivity contribution in [3.63, 3.8) is 0 Å². The standard InChI is InChI=1S/C13H18OS/c1-11-4-6-12(7-5-11)15-14-10-13(2)8-3-9-13/h4-7H,3,8-10H2,1-2H3. The van der Waals surface area contributed by atoms with E-state index in [1.165, 1.54) is 41.8 Å². The Morgan fingerprint density at radius 1 is 1.27 bits per heavy atom. The summed E-state index contributed by atoms with van der Waals surface area (Å²) in [5.74, 6) is 0. The van der Waals surface area contributed by atoms with Gasteiger partial charge >= 0.3 is 0 Å². The van der Waals surface area contributed by atoms with Crippen LogP contribution in [0.25, 0.3) is 0 Å². The van der Waals surface area contributed by atoms with Crippen molar-refractivity contribution < 1.29 is 4.18 Å². The fourth-order valence-electron chi connectivity index (χ4n) is 1.76. The Kier molecular flexibility index (Phi) is 3.37. The molecule has 0 amide bonds. The highest BCUT2D eigenvalue weighted by Gasteiger charge is 2.32. The fourth-order valence-corrected chi connectivity index (χ4v) is 2.48. The molecule has 1 saturated carbocycles. The molecule has 0 aromatic heterocycles. The molecule has 1 fully saturated rings. The predicted molar refractivity (Wildman–Crippen MR) is 64.9 cm³/mol. The largest absolute Gasteiger partial charge is 0.310 e. The van der Waals surface area contributed by atoms with Crippen LogP contribution in [0, 0.1) is 12.3 Å². The van der Waals surface area contributed by atoms with Crippen LogP contribution in [0.15, 0.2) is 29.2 Å². The van der Waals surface area contributed by atoms with Gasteiger partial charge in [0.15, 0.2) is 0 Å². The molecule has 1 aromatic carbocycles. The molecule has 1 aliphatic carbocycles. The molecule has 1 aromatic rings. The van der Waals surface area contributed by atoms with Crippen LogP contribution < -0.4 is 0 Å². The van der Waals surface area contributed by atoms with Crippen LogP contribution in [0.3, 0.4) is 0 Å². The maximum Gasteiger partial charge on any atom is 0.0672 e. The van der Waals surface area contributed by atoms with E-state index in [9.17, 15) is 0 Å². The molecular weight excluding hydrogens is 204 g/mol. The van der Waals surface area contributed by atoms with Gasteiger partial charge in [-0.05, 0) is 37.3 Å². The van der Waals surface area contributed by atoms with Crippen LogP contribution in [-0.2, 0) is 4.18 Å². The van der Waals surface area contributed by atoms with E-state index in [2.05, 4.69) is 38.1 Å². The van der Waals surface area contributed by atoms with E-state index in [1.54, 1.807) is 0 Å². The van der Waals surface area contributed by atoms with Gasteiger partial charge in [-0.25, -0.2) is 0 Å². The first-order chi connectivity index (χ1) is 7.18. The summed E-state index contributed by atoms with van der Waals surface area (Å²) in [6, 6.07) is 8.47. The van der Waals surface area contributed by atoms with Crippen LogP contribution in [-0.4, -0.2) is 6.61 Å². The fraction of sp³-hybridized carbons (Fsp3) is 0.538. The van der Waals surface area contributed by atoms with Crippen molar-refractivity contribution in [1.82, 2.24) is 0 Å². The topological polar surface area (TPSA) is 9.23 Å². The molecule has 1 aliphatic rings. The van der Waals surface area contributed by atoms with E-state index in [0.29, 0.717) is 5.41 Å². The minimum atomic E-state index is 0.456. The summed E-state index contributed by atoms with van der Waals surface area (Å²) in [6.45, 7) is 5.29. The molecule has 0 bridgehead atoms. The lowest BCUT2D eigenvalue weighted by molar-refractivity contribution is 0.0897. The number of benzene rings is 1. The second-order valence-electron chi connectivity index (χ2n) is 4.82. The monoisotopic (exact) mass is 222 g/mol. The normalized spacial score (nSPS) is 18.5. The van der Waals surface area contributed by atoms with Gasteiger partial charge in [-0.15, -0.1) is 0 Å². The summed E-state index contributed by atoms with van der Waals surface area (Å²) < 4.78 is 5.68. The molecule has 0 atom stereocenters. The second kappa shape index (κ2) is 4.58. The number of rotatable bonds is 4. The third-order valence-electron chi connectivity index (χ3n) is 3.14. The SMILES string of the molecule is Cc1ccc(SOCC2(C)CCC2)cc1. The molecule has 0 heterocycles. The van der Waals surface area contributed by atoms with Gasteiger partial charge in [0.1, 0.15) is 0 Å². The Hall–Kier alpha value is -0.470. The first-order valence-electron chi connectivity index (χ1n) is 5.54. The van der Waals surface area contributed by atoms with Crippen molar-refractivity contribution in [1.29, 1.82) is 0 Å². The van der Waals surface area contributed by atoms with Gasteiger partial charge in [-0.1, -0.05) is 31.0 Å². The third kappa shape index (κ3) is 2.99. The van der Waals surface area contributed by atoms with Crippen molar-refractivity contribution in [2.24, 2.45) is 5.41 Å². The summed E-state index contributed by atoms with van der Waals surface area (Å²) in [7, 11) is 0. The lowest BCUT2D eigenvalue weighted by Crippen LogP contribution is -2.29. The van der Waals surface area contributed by atoms with Crippen molar-refractivity contribution in [2.75, 3.05) is 6.61 Å². The highest BCUT2D eigenvalue weighted by molar-refractivity contribution is 7.94. The quantitative estimate of drug-likeness (QED) is 0.706. The summed E-state index contributed by atoms with van der Waals surface area (Å²) in [4.78, 5) is 1.20. The lowest BCUT2D eigenvalue weighted by Gasteiger charge is -2.37. The molecule has 2 heteroatoms. The molecule has 0 N–H and O–H groups in total. The Bertz CT molecular complexity index is 314. The molecule has 0 unspecified atom stereocenters. The Balaban J connectivity index is 1.76. The summed E-state index contributed by atoms with van der Waals surface area (Å²) in [5.41, 5.74) is 1.75. The average molecular weight is 222 g/mol. The first-order valence-corrected chi connectivity index (χ1v) is 6.28. The maximum atomic E-state index is 5.68. The number of hydrogen-bond donors (Lipinski definition) is 0. The molecule has 0 spiro atoms. The van der Waals surface area contributed by atoms with Crippen molar-refractivity contribution in [3.05, 3.63) is 29.8 Å². The molecule has 0 radical (unpaired) electrons. The molecular formula is C13H18OS. The van der Waals surface area contributed by atoms with Crippen LogP contribution in [0.2, 0.25) is 0 Å². The third-order valence-corrected chi connectivity index (χ3v) is 3.84. The van der Waals surface area contributed by atoms with Crippen molar-refractivity contribution >= 4 is 12.0 Å². The summed E-state index contributed by atoms with van der Waals surface area (Å²) in [5, 5.41) is 0. The Labute approximate surface area is 96.4 Å². The van der Waals surface area contributed by atoms with Gasteiger partial charge in [0.2, 0.25) is 0 Å². The zero-order valence-corrected chi connectivity index (χ0v) is 10.3. The minimum Gasteiger partial charge on any atom is -0.310 e. The van der Waals surface area contributed by atoms with E-state index in [4.69, 9.17) is 4.18 Å². The van der Waals surface area contributed by atoms with Crippen molar-refractivity contribution in [3.8, 4) is 0 Å². The smallest absolute Gasteiger partial charge is 0.0672 e. The summed E-state index contributed by atoms with van der Waals surface area (Å²) >= 11 is 1.51. The van der Waals surface area contributed by atoms with E-state index in [1.807, 2.05) is 0 Å². The molecule has 0 aliphatic heterocycles. The number of aryl methyl sites for hydroxylation is 1. The molecule has 1 nitrogen and oxygen atoms in total. The van der Waals surface area contributed by atoms with E-state index in [0.717, 1.165) is 6.61 Å². The highest BCUT2D eigenvalue weighted by atomic mass is 32.2. The van der Waals surface area contributed by atoms with Gasteiger partial charge in [-0.2, -0.15) is 0 Å². The van der Waals surface area contributed by atoms with Crippen LogP contribution in [0.4, 0.5) is 0 Å². The second-order valence-corrected chi connectivity index (χ2v) is 5.70. The van der Waals surface area contributed by atoms with E-state index >= 15 is 0 Å². The molecule has 2 rings (SSSR count). The Morgan fingerprint density at radius 3 is 2.47 bits per heavy atom. The average Bonchev–Trinajstić information content (AvgIpc) is 2.19. The zero-order valence-electron chi connectivity index (χ0n) is 9.45. The highest BCUT2D eigenvalue weighted by Crippen LogP contribution is 2.41. The molecule has 0 saturated heterocycles. The predicted octanol–water partition coefficient (Wildman–Crippen LogP) is 4.21. The first kappa shape index (κ1) is 11.0. The van der Waals surface area contributed by atoms with E-state index < -0.39 is 0 Å². The minimum absolute atomic E-state index is 0.456. The number of hydrogen-bond acceptors (Lipinski definition) is 2. The van der Waals surface area contributed by atoms with Gasteiger partial charge in [0, 0.05) is 16.9 Å². The van der Waals surface area contributed by atoms with E-state index in [-0.39, 0.29) is 0 Å². The lowest BCUT2D eigenvalue weighted by atomic mass is 9.71. The zero-order chi connectivity index (χ0) is 10.7. The summed E-state index contributed by atoms with van der Waals surface area (Å²) in [6.07, 6.45) is 4.01. The van der Waals surface area contributed by atoms with Gasteiger partial charge in [-0.3, -0.25) is 0 Å². The Morgan fingerprint density at radius 2 is 1.93 bits per heavy atom. The van der Waals surface area contributed by atoms with Gasteiger partial charge < -0.3 is 4.18 Å². The molecule has 82 valence electrons. The van der Waals surface area contributed by atoms with Crippen LogP contribution in [0.1, 0.15) is 31.7 Å².